The summed E-state index contributed by atoms with van der Waals surface area (Å²) in [6.45, 7) is 2.85. The van der Waals surface area contributed by atoms with Crippen LogP contribution in [-0.2, 0) is 22.8 Å². The van der Waals surface area contributed by atoms with Crippen LogP contribution < -0.4 is 5.32 Å². The van der Waals surface area contributed by atoms with E-state index in [2.05, 4.69) is 15.4 Å². The Morgan fingerprint density at radius 1 is 1.58 bits per heavy atom. The van der Waals surface area contributed by atoms with Crippen LogP contribution in [0.15, 0.2) is 6.33 Å². The molecule has 2 atom stereocenters. The molecule has 2 unspecified atom stereocenters. The molecule has 0 aliphatic carbocycles. The van der Waals surface area contributed by atoms with Gasteiger partial charge in [0.2, 0.25) is 0 Å². The van der Waals surface area contributed by atoms with Crippen LogP contribution in [0.4, 0.5) is 0 Å². The van der Waals surface area contributed by atoms with Crippen LogP contribution in [0.5, 0.6) is 0 Å². The van der Waals surface area contributed by atoms with Gasteiger partial charge in [-0.05, 0) is 32.7 Å². The molecular formula is C12H22N4O2S. The van der Waals surface area contributed by atoms with Gasteiger partial charge in [-0.2, -0.15) is 5.10 Å². The third-order valence-corrected chi connectivity index (χ3v) is 5.61. The molecule has 0 aromatic carbocycles. The summed E-state index contributed by atoms with van der Waals surface area (Å²) in [7, 11) is -0.868. The van der Waals surface area contributed by atoms with Gasteiger partial charge >= 0.3 is 0 Å². The van der Waals surface area contributed by atoms with Gasteiger partial charge in [-0.15, -0.1) is 0 Å². The Bertz CT molecular complexity index is 512. The van der Waals surface area contributed by atoms with E-state index in [-0.39, 0.29) is 12.0 Å². The van der Waals surface area contributed by atoms with Crippen molar-refractivity contribution in [2.24, 2.45) is 5.92 Å². The molecule has 0 amide bonds. The minimum absolute atomic E-state index is 0.257. The standard InChI is InChI=1S/C12H22N4O2S/c1-3-16-12(14-9-15-16)7-11(13-2)6-10-4-5-19(17,18)8-10/h9-11,13H,3-8H2,1-2H3. The molecule has 1 aliphatic heterocycles. The van der Waals surface area contributed by atoms with E-state index in [1.165, 1.54) is 0 Å². The number of rotatable bonds is 6. The van der Waals surface area contributed by atoms with Crippen LogP contribution in [0, 0.1) is 5.92 Å². The molecule has 0 saturated carbocycles. The molecule has 0 bridgehead atoms. The summed E-state index contributed by atoms with van der Waals surface area (Å²) < 4.78 is 24.8. The smallest absolute Gasteiger partial charge is 0.150 e. The molecule has 1 fully saturated rings. The molecule has 6 nitrogen and oxygen atoms in total. The Morgan fingerprint density at radius 3 is 2.95 bits per heavy atom. The van der Waals surface area contributed by atoms with Crippen molar-refractivity contribution < 1.29 is 8.42 Å². The fraction of sp³-hybridized carbons (Fsp3) is 0.833. The molecule has 108 valence electrons. The van der Waals surface area contributed by atoms with Crippen LogP contribution in [0.1, 0.15) is 25.6 Å². The highest BCUT2D eigenvalue weighted by atomic mass is 32.2. The molecule has 1 aromatic heterocycles. The number of hydrogen-bond donors (Lipinski definition) is 1. The Morgan fingerprint density at radius 2 is 2.37 bits per heavy atom. The second-order valence-corrected chi connectivity index (χ2v) is 7.42. The lowest BCUT2D eigenvalue weighted by atomic mass is 9.97. The minimum atomic E-state index is -2.79. The van der Waals surface area contributed by atoms with E-state index in [0.717, 1.165) is 31.6 Å². The van der Waals surface area contributed by atoms with Crippen LogP contribution >= 0.6 is 0 Å². The quantitative estimate of drug-likeness (QED) is 0.811. The monoisotopic (exact) mass is 286 g/mol. The van der Waals surface area contributed by atoms with Gasteiger partial charge in [0, 0.05) is 19.0 Å². The fourth-order valence-corrected chi connectivity index (χ4v) is 4.57. The van der Waals surface area contributed by atoms with Gasteiger partial charge in [0.25, 0.3) is 0 Å². The summed E-state index contributed by atoms with van der Waals surface area (Å²) in [5, 5.41) is 7.43. The summed E-state index contributed by atoms with van der Waals surface area (Å²) in [4.78, 5) is 4.27. The minimum Gasteiger partial charge on any atom is -0.317 e. The molecular weight excluding hydrogens is 264 g/mol. The number of nitrogens with zero attached hydrogens (tertiary/aromatic N) is 3. The summed E-state index contributed by atoms with van der Waals surface area (Å²) >= 11 is 0. The van der Waals surface area contributed by atoms with E-state index in [9.17, 15) is 8.42 Å². The predicted molar refractivity (Wildman–Crippen MR) is 73.6 cm³/mol. The zero-order valence-electron chi connectivity index (χ0n) is 11.5. The van der Waals surface area contributed by atoms with Crippen molar-refractivity contribution in [3.05, 3.63) is 12.2 Å². The summed E-state index contributed by atoms with van der Waals surface area (Å²) in [5.41, 5.74) is 0. The predicted octanol–water partition coefficient (Wildman–Crippen LogP) is 0.253. The fourth-order valence-electron chi connectivity index (χ4n) is 2.69. The molecule has 0 radical (unpaired) electrons. The van der Waals surface area contributed by atoms with Crippen molar-refractivity contribution in [3.8, 4) is 0 Å². The highest BCUT2D eigenvalue weighted by molar-refractivity contribution is 7.91. The number of sulfone groups is 1. The van der Waals surface area contributed by atoms with Crippen molar-refractivity contribution >= 4 is 9.84 Å². The first-order valence-corrected chi connectivity index (χ1v) is 8.60. The number of likely N-dealkylation sites (N-methyl/N-ethyl adjacent to an activating group) is 1. The van der Waals surface area contributed by atoms with E-state index in [1.807, 2.05) is 18.7 Å². The molecule has 1 aromatic rings. The number of nitrogens with one attached hydrogen (secondary N) is 1. The normalized spacial score (nSPS) is 23.6. The highest BCUT2D eigenvalue weighted by Crippen LogP contribution is 2.23. The second-order valence-electron chi connectivity index (χ2n) is 5.19. The summed E-state index contributed by atoms with van der Waals surface area (Å²) in [6.07, 6.45) is 4.04. The van der Waals surface area contributed by atoms with Gasteiger partial charge in [-0.3, -0.25) is 4.68 Å². The van der Waals surface area contributed by atoms with Gasteiger partial charge in [-0.1, -0.05) is 0 Å². The third kappa shape index (κ3) is 3.76. The first kappa shape index (κ1) is 14.5. The Hall–Kier alpha value is -0.950. The van der Waals surface area contributed by atoms with E-state index < -0.39 is 9.84 Å². The van der Waals surface area contributed by atoms with Gasteiger partial charge in [-0.25, -0.2) is 13.4 Å². The molecule has 1 aliphatic rings. The van der Waals surface area contributed by atoms with Crippen molar-refractivity contribution in [2.45, 2.75) is 38.8 Å². The SMILES string of the molecule is CCn1ncnc1CC(CC1CCS(=O)(=O)C1)NC. The number of aromatic nitrogens is 3. The maximum Gasteiger partial charge on any atom is 0.150 e. The first-order chi connectivity index (χ1) is 9.04. The van der Waals surface area contributed by atoms with Crippen LogP contribution in [0.3, 0.4) is 0 Å². The lowest BCUT2D eigenvalue weighted by Gasteiger charge is -2.19. The van der Waals surface area contributed by atoms with E-state index in [0.29, 0.717) is 11.5 Å². The average molecular weight is 286 g/mol. The lowest BCUT2D eigenvalue weighted by Crippen LogP contribution is -2.31. The van der Waals surface area contributed by atoms with E-state index in [1.54, 1.807) is 6.33 Å². The maximum atomic E-state index is 11.5. The number of aryl methyl sites for hydroxylation is 1. The zero-order valence-corrected chi connectivity index (χ0v) is 12.4. The molecule has 1 saturated heterocycles. The van der Waals surface area contributed by atoms with Crippen molar-refractivity contribution in [3.63, 3.8) is 0 Å². The van der Waals surface area contributed by atoms with Crippen LogP contribution in [-0.4, -0.2) is 47.8 Å². The van der Waals surface area contributed by atoms with Crippen molar-refractivity contribution in [1.29, 1.82) is 0 Å². The number of hydrogen-bond acceptors (Lipinski definition) is 5. The highest BCUT2D eigenvalue weighted by Gasteiger charge is 2.29. The van der Waals surface area contributed by atoms with Gasteiger partial charge in [0.05, 0.1) is 11.5 Å². The third-order valence-electron chi connectivity index (χ3n) is 3.78. The molecule has 7 heteroatoms. The van der Waals surface area contributed by atoms with Crippen LogP contribution in [0.2, 0.25) is 0 Å². The van der Waals surface area contributed by atoms with Gasteiger partial charge in [0.1, 0.15) is 12.2 Å². The Labute approximate surface area is 114 Å². The molecule has 2 rings (SSSR count). The van der Waals surface area contributed by atoms with Crippen molar-refractivity contribution in [1.82, 2.24) is 20.1 Å². The van der Waals surface area contributed by atoms with Crippen molar-refractivity contribution in [2.75, 3.05) is 18.6 Å². The molecule has 1 N–H and O–H groups in total. The molecule has 2 heterocycles. The Kier molecular flexibility index (Phi) is 4.57. The summed E-state index contributed by atoms with van der Waals surface area (Å²) in [6, 6.07) is 0.257. The zero-order chi connectivity index (χ0) is 13.9. The largest absolute Gasteiger partial charge is 0.317 e. The maximum absolute atomic E-state index is 11.5. The van der Waals surface area contributed by atoms with E-state index in [4.69, 9.17) is 0 Å². The Balaban J connectivity index is 1.94. The summed E-state index contributed by atoms with van der Waals surface area (Å²) in [5.74, 6) is 1.92. The van der Waals surface area contributed by atoms with Gasteiger partial charge < -0.3 is 5.32 Å². The molecule has 0 spiro atoms. The topological polar surface area (TPSA) is 76.9 Å². The van der Waals surface area contributed by atoms with Crippen LogP contribution in [0.25, 0.3) is 0 Å². The average Bonchev–Trinajstić information content (AvgIpc) is 2.94. The second kappa shape index (κ2) is 6.00. The molecule has 19 heavy (non-hydrogen) atoms. The first-order valence-electron chi connectivity index (χ1n) is 6.78. The van der Waals surface area contributed by atoms with Gasteiger partial charge in [0.15, 0.2) is 9.84 Å². The lowest BCUT2D eigenvalue weighted by molar-refractivity contribution is 0.411. The van der Waals surface area contributed by atoms with E-state index >= 15 is 0 Å².